The normalized spacial score (nSPS) is 13.1. The third-order valence-electron chi connectivity index (χ3n) is 2.46. The Balaban J connectivity index is 2.49. The van der Waals surface area contributed by atoms with Crippen LogP contribution in [0.5, 0.6) is 0 Å². The predicted octanol–water partition coefficient (Wildman–Crippen LogP) is 2.74. The van der Waals surface area contributed by atoms with Crippen molar-refractivity contribution < 1.29 is 0 Å². The maximum absolute atomic E-state index is 5.88. The molecule has 0 aromatic carbocycles. The fourth-order valence-corrected chi connectivity index (χ4v) is 1.87. The Morgan fingerprint density at radius 1 is 1.40 bits per heavy atom. The average molecular weight is 227 g/mol. The predicted molar refractivity (Wildman–Crippen MR) is 65.2 cm³/mol. The van der Waals surface area contributed by atoms with Crippen LogP contribution in [0.25, 0.3) is 0 Å². The van der Waals surface area contributed by atoms with E-state index in [2.05, 4.69) is 24.1 Å². The van der Waals surface area contributed by atoms with Gasteiger partial charge in [-0.2, -0.15) is 0 Å². The highest BCUT2D eigenvalue weighted by Crippen LogP contribution is 2.05. The molecule has 0 aliphatic heterocycles. The Kier molecular flexibility index (Phi) is 5.06. The zero-order chi connectivity index (χ0) is 11.3. The number of nitrogens with zero attached hydrogens (tertiary/aromatic N) is 1. The first-order valence-electron chi connectivity index (χ1n) is 5.35. The van der Waals surface area contributed by atoms with Gasteiger partial charge in [-0.05, 0) is 25.0 Å². The van der Waals surface area contributed by atoms with Crippen LogP contribution in [0, 0.1) is 12.8 Å². The molecule has 1 heterocycles. The van der Waals surface area contributed by atoms with E-state index >= 15 is 0 Å². The molecule has 0 aliphatic rings. The number of nitrogens with one attached hydrogen (secondary N) is 1. The molecule has 3 heteroatoms. The van der Waals surface area contributed by atoms with Gasteiger partial charge < -0.3 is 5.32 Å². The van der Waals surface area contributed by atoms with Crippen molar-refractivity contribution in [2.75, 3.05) is 5.88 Å². The SMILES string of the molecule is Cc1cccc(CNC(CCl)C(C)C)n1. The van der Waals surface area contributed by atoms with Crippen molar-refractivity contribution in [3.8, 4) is 0 Å². The molecule has 1 unspecified atom stereocenters. The average Bonchev–Trinajstić information content (AvgIpc) is 2.18. The van der Waals surface area contributed by atoms with E-state index in [9.17, 15) is 0 Å². The molecular weight excluding hydrogens is 208 g/mol. The summed E-state index contributed by atoms with van der Waals surface area (Å²) in [4.78, 5) is 4.43. The third-order valence-corrected chi connectivity index (χ3v) is 2.79. The van der Waals surface area contributed by atoms with E-state index in [0.717, 1.165) is 17.9 Å². The highest BCUT2D eigenvalue weighted by molar-refractivity contribution is 6.18. The van der Waals surface area contributed by atoms with Crippen LogP contribution in [-0.2, 0) is 6.54 Å². The maximum Gasteiger partial charge on any atom is 0.0544 e. The Hall–Kier alpha value is -0.600. The van der Waals surface area contributed by atoms with Gasteiger partial charge in [-0.25, -0.2) is 0 Å². The van der Waals surface area contributed by atoms with Gasteiger partial charge in [0, 0.05) is 24.2 Å². The molecule has 1 rings (SSSR count). The molecule has 0 fully saturated rings. The molecule has 0 spiro atoms. The summed E-state index contributed by atoms with van der Waals surface area (Å²) in [5.41, 5.74) is 2.13. The Morgan fingerprint density at radius 3 is 2.67 bits per heavy atom. The fraction of sp³-hybridized carbons (Fsp3) is 0.583. The summed E-state index contributed by atoms with van der Waals surface area (Å²) in [6, 6.07) is 6.43. The highest BCUT2D eigenvalue weighted by Gasteiger charge is 2.10. The Morgan fingerprint density at radius 2 is 2.13 bits per heavy atom. The molecule has 1 N–H and O–H groups in total. The number of alkyl halides is 1. The second kappa shape index (κ2) is 6.09. The lowest BCUT2D eigenvalue weighted by atomic mass is 10.1. The Labute approximate surface area is 97.1 Å². The van der Waals surface area contributed by atoms with Crippen LogP contribution in [0.2, 0.25) is 0 Å². The first-order chi connectivity index (χ1) is 7.13. The number of aromatic nitrogens is 1. The van der Waals surface area contributed by atoms with Crippen molar-refractivity contribution in [2.45, 2.75) is 33.4 Å². The molecule has 1 aromatic rings. The van der Waals surface area contributed by atoms with E-state index in [-0.39, 0.29) is 0 Å². The summed E-state index contributed by atoms with van der Waals surface area (Å²) in [5.74, 6) is 1.19. The third kappa shape index (κ3) is 4.18. The van der Waals surface area contributed by atoms with Gasteiger partial charge in [0.2, 0.25) is 0 Å². The standard InChI is InChI=1S/C12H19ClN2/c1-9(2)12(7-13)14-8-11-6-4-5-10(3)15-11/h4-6,9,12,14H,7-8H2,1-3H3. The van der Waals surface area contributed by atoms with Crippen LogP contribution in [0.4, 0.5) is 0 Å². The summed E-state index contributed by atoms with van der Waals surface area (Å²) >= 11 is 5.88. The lowest BCUT2D eigenvalue weighted by Gasteiger charge is -2.19. The maximum atomic E-state index is 5.88. The van der Waals surface area contributed by atoms with Crippen LogP contribution >= 0.6 is 11.6 Å². The summed E-state index contributed by atoms with van der Waals surface area (Å²) < 4.78 is 0. The van der Waals surface area contributed by atoms with E-state index < -0.39 is 0 Å². The van der Waals surface area contributed by atoms with Gasteiger partial charge in [0.05, 0.1) is 5.69 Å². The smallest absolute Gasteiger partial charge is 0.0544 e. The number of pyridine rings is 1. The van der Waals surface area contributed by atoms with Gasteiger partial charge in [-0.3, -0.25) is 4.98 Å². The summed E-state index contributed by atoms with van der Waals surface area (Å²) in [6.07, 6.45) is 0. The van der Waals surface area contributed by atoms with Gasteiger partial charge in [-0.15, -0.1) is 11.6 Å². The van der Waals surface area contributed by atoms with E-state index in [1.54, 1.807) is 0 Å². The molecule has 1 aromatic heterocycles. The molecule has 0 saturated heterocycles. The van der Waals surface area contributed by atoms with E-state index in [1.165, 1.54) is 0 Å². The highest BCUT2D eigenvalue weighted by atomic mass is 35.5. The lowest BCUT2D eigenvalue weighted by molar-refractivity contribution is 0.428. The van der Waals surface area contributed by atoms with Gasteiger partial charge in [-0.1, -0.05) is 19.9 Å². The second-order valence-corrected chi connectivity index (χ2v) is 4.46. The second-order valence-electron chi connectivity index (χ2n) is 4.16. The van der Waals surface area contributed by atoms with Gasteiger partial charge in [0.1, 0.15) is 0 Å². The number of hydrogen-bond acceptors (Lipinski definition) is 2. The monoisotopic (exact) mass is 226 g/mol. The van der Waals surface area contributed by atoms with Crippen LogP contribution < -0.4 is 5.32 Å². The van der Waals surface area contributed by atoms with E-state index in [0.29, 0.717) is 17.8 Å². The van der Waals surface area contributed by atoms with Crippen molar-refractivity contribution in [3.63, 3.8) is 0 Å². The zero-order valence-electron chi connectivity index (χ0n) is 9.63. The van der Waals surface area contributed by atoms with Crippen molar-refractivity contribution in [2.24, 2.45) is 5.92 Å². The van der Waals surface area contributed by atoms with Crippen LogP contribution in [0.15, 0.2) is 18.2 Å². The van der Waals surface area contributed by atoms with Crippen molar-refractivity contribution in [3.05, 3.63) is 29.6 Å². The molecule has 1 atom stereocenters. The van der Waals surface area contributed by atoms with Crippen molar-refractivity contribution >= 4 is 11.6 Å². The van der Waals surface area contributed by atoms with Gasteiger partial charge >= 0.3 is 0 Å². The minimum absolute atomic E-state index is 0.356. The zero-order valence-corrected chi connectivity index (χ0v) is 10.4. The van der Waals surface area contributed by atoms with Crippen LogP contribution in [0.3, 0.4) is 0 Å². The number of aryl methyl sites for hydroxylation is 1. The minimum Gasteiger partial charge on any atom is -0.307 e. The molecule has 2 nitrogen and oxygen atoms in total. The summed E-state index contributed by atoms with van der Waals surface area (Å²) in [7, 11) is 0. The number of hydrogen-bond donors (Lipinski definition) is 1. The van der Waals surface area contributed by atoms with Gasteiger partial charge in [0.15, 0.2) is 0 Å². The molecule has 0 bridgehead atoms. The number of halogens is 1. The quantitative estimate of drug-likeness (QED) is 0.781. The summed E-state index contributed by atoms with van der Waals surface area (Å²) in [5, 5.41) is 3.42. The number of rotatable bonds is 5. The van der Waals surface area contributed by atoms with Crippen molar-refractivity contribution in [1.82, 2.24) is 10.3 Å². The Bertz CT molecular complexity index is 299. The van der Waals surface area contributed by atoms with Crippen molar-refractivity contribution in [1.29, 1.82) is 0 Å². The first-order valence-corrected chi connectivity index (χ1v) is 5.89. The van der Waals surface area contributed by atoms with E-state index in [1.807, 2.05) is 25.1 Å². The molecule has 84 valence electrons. The molecular formula is C12H19ClN2. The summed E-state index contributed by atoms with van der Waals surface area (Å²) in [6.45, 7) is 7.13. The topological polar surface area (TPSA) is 24.9 Å². The molecule has 15 heavy (non-hydrogen) atoms. The van der Waals surface area contributed by atoms with Gasteiger partial charge in [0.25, 0.3) is 0 Å². The molecule has 0 radical (unpaired) electrons. The molecule has 0 amide bonds. The fourth-order valence-electron chi connectivity index (χ4n) is 1.40. The van der Waals surface area contributed by atoms with Crippen LogP contribution in [-0.4, -0.2) is 16.9 Å². The first kappa shape index (κ1) is 12.5. The molecule has 0 saturated carbocycles. The lowest BCUT2D eigenvalue weighted by Crippen LogP contribution is -2.35. The largest absolute Gasteiger partial charge is 0.307 e. The molecule has 0 aliphatic carbocycles. The van der Waals surface area contributed by atoms with Crippen LogP contribution in [0.1, 0.15) is 25.2 Å². The van der Waals surface area contributed by atoms with E-state index in [4.69, 9.17) is 11.6 Å². The minimum atomic E-state index is 0.356.